The zero-order valence-corrected chi connectivity index (χ0v) is 11.6. The van der Waals surface area contributed by atoms with Crippen LogP contribution in [0.4, 0.5) is 4.39 Å². The monoisotopic (exact) mass is 299 g/mol. The lowest BCUT2D eigenvalue weighted by Gasteiger charge is -2.34. The molecule has 0 atom stereocenters. The molecule has 2 rings (SSSR count). The topological polar surface area (TPSA) is 66.6 Å². The molecule has 7 heteroatoms. The number of benzene rings is 1. The maximum absolute atomic E-state index is 13.7. The van der Waals surface area contributed by atoms with Crippen molar-refractivity contribution in [2.24, 2.45) is 5.73 Å². The van der Waals surface area contributed by atoms with Crippen LogP contribution in [0, 0.1) is 5.82 Å². The first-order valence-corrected chi connectivity index (χ1v) is 6.63. The SMILES string of the molecule is NCC(=O)N1CCN(C(=O)c2c(F)cccc2Cl)CC1. The van der Waals surface area contributed by atoms with Crippen LogP contribution in [0.3, 0.4) is 0 Å². The van der Waals surface area contributed by atoms with Gasteiger partial charge in [0.15, 0.2) is 0 Å². The second-order valence-electron chi connectivity index (χ2n) is 4.47. The minimum atomic E-state index is -0.636. The second-order valence-corrected chi connectivity index (χ2v) is 4.88. The number of nitrogens with zero attached hydrogens (tertiary/aromatic N) is 2. The molecule has 1 saturated heterocycles. The number of piperazine rings is 1. The fourth-order valence-corrected chi connectivity index (χ4v) is 2.39. The molecule has 0 unspecified atom stereocenters. The zero-order valence-electron chi connectivity index (χ0n) is 10.8. The highest BCUT2D eigenvalue weighted by Gasteiger charge is 2.27. The van der Waals surface area contributed by atoms with Crippen LogP contribution in [-0.2, 0) is 4.79 Å². The molecule has 0 radical (unpaired) electrons. The van der Waals surface area contributed by atoms with Crippen molar-refractivity contribution in [3.05, 3.63) is 34.6 Å². The van der Waals surface area contributed by atoms with Crippen LogP contribution in [0.5, 0.6) is 0 Å². The summed E-state index contributed by atoms with van der Waals surface area (Å²) >= 11 is 5.88. The van der Waals surface area contributed by atoms with Gasteiger partial charge in [0, 0.05) is 26.2 Å². The van der Waals surface area contributed by atoms with Gasteiger partial charge in [0.2, 0.25) is 5.91 Å². The summed E-state index contributed by atoms with van der Waals surface area (Å²) in [6.07, 6.45) is 0. The van der Waals surface area contributed by atoms with E-state index in [1.807, 2.05) is 0 Å². The maximum Gasteiger partial charge on any atom is 0.258 e. The normalized spacial score (nSPS) is 15.3. The summed E-state index contributed by atoms with van der Waals surface area (Å²) in [4.78, 5) is 26.8. The average Bonchev–Trinajstić information content (AvgIpc) is 2.46. The van der Waals surface area contributed by atoms with Crippen molar-refractivity contribution in [3.8, 4) is 0 Å². The van der Waals surface area contributed by atoms with Gasteiger partial charge in [-0.15, -0.1) is 0 Å². The zero-order chi connectivity index (χ0) is 14.7. The first kappa shape index (κ1) is 14.7. The number of carbonyl (C=O) groups is 2. The van der Waals surface area contributed by atoms with Crippen molar-refractivity contribution in [1.82, 2.24) is 9.80 Å². The Labute approximate surface area is 121 Å². The van der Waals surface area contributed by atoms with E-state index in [-0.39, 0.29) is 23.0 Å². The molecular weight excluding hydrogens is 285 g/mol. The molecule has 20 heavy (non-hydrogen) atoms. The van der Waals surface area contributed by atoms with Gasteiger partial charge >= 0.3 is 0 Å². The Bertz CT molecular complexity index is 510. The summed E-state index contributed by atoms with van der Waals surface area (Å²) in [5.41, 5.74) is 5.17. The van der Waals surface area contributed by atoms with Gasteiger partial charge in [0.05, 0.1) is 17.1 Å². The molecule has 2 N–H and O–H groups in total. The number of carbonyl (C=O) groups excluding carboxylic acids is 2. The first-order valence-electron chi connectivity index (χ1n) is 6.25. The van der Waals surface area contributed by atoms with Gasteiger partial charge in [-0.1, -0.05) is 17.7 Å². The van der Waals surface area contributed by atoms with E-state index in [4.69, 9.17) is 17.3 Å². The van der Waals surface area contributed by atoms with Crippen LogP contribution in [0.1, 0.15) is 10.4 Å². The molecule has 1 fully saturated rings. The van der Waals surface area contributed by atoms with E-state index in [9.17, 15) is 14.0 Å². The predicted molar refractivity (Wildman–Crippen MR) is 72.9 cm³/mol. The van der Waals surface area contributed by atoms with Gasteiger partial charge in [-0.2, -0.15) is 0 Å². The number of nitrogens with two attached hydrogens (primary N) is 1. The molecule has 1 heterocycles. The molecule has 0 aliphatic carbocycles. The summed E-state index contributed by atoms with van der Waals surface area (Å²) in [5, 5.41) is 0.0930. The van der Waals surface area contributed by atoms with Crippen LogP contribution in [0.25, 0.3) is 0 Å². The molecule has 0 spiro atoms. The molecule has 0 saturated carbocycles. The fraction of sp³-hybridized carbons (Fsp3) is 0.385. The van der Waals surface area contributed by atoms with Gasteiger partial charge in [-0.25, -0.2) is 4.39 Å². The Kier molecular flexibility index (Phi) is 4.57. The summed E-state index contributed by atoms with van der Waals surface area (Å²) < 4.78 is 13.7. The number of hydrogen-bond acceptors (Lipinski definition) is 3. The Balaban J connectivity index is 2.07. The smallest absolute Gasteiger partial charge is 0.258 e. The van der Waals surface area contributed by atoms with E-state index in [2.05, 4.69) is 0 Å². The average molecular weight is 300 g/mol. The van der Waals surface area contributed by atoms with Crippen LogP contribution >= 0.6 is 11.6 Å². The van der Waals surface area contributed by atoms with Gasteiger partial charge in [-0.3, -0.25) is 9.59 Å². The van der Waals surface area contributed by atoms with E-state index in [0.717, 1.165) is 0 Å². The molecule has 1 aliphatic rings. The van der Waals surface area contributed by atoms with Crippen molar-refractivity contribution in [2.75, 3.05) is 32.7 Å². The molecule has 1 aliphatic heterocycles. The molecule has 2 amide bonds. The summed E-state index contributed by atoms with van der Waals surface area (Å²) in [6, 6.07) is 4.13. The van der Waals surface area contributed by atoms with E-state index < -0.39 is 11.7 Å². The lowest BCUT2D eigenvalue weighted by molar-refractivity contribution is -0.131. The Morgan fingerprint density at radius 2 is 1.80 bits per heavy atom. The molecular formula is C13H15ClFN3O2. The van der Waals surface area contributed by atoms with E-state index in [0.29, 0.717) is 26.2 Å². The minimum Gasteiger partial charge on any atom is -0.338 e. The molecule has 1 aromatic rings. The number of halogens is 2. The van der Waals surface area contributed by atoms with Crippen LogP contribution < -0.4 is 5.73 Å². The largest absolute Gasteiger partial charge is 0.338 e. The lowest BCUT2D eigenvalue weighted by Crippen LogP contribution is -2.52. The molecule has 5 nitrogen and oxygen atoms in total. The Morgan fingerprint density at radius 3 is 2.35 bits per heavy atom. The molecule has 0 aromatic heterocycles. The van der Waals surface area contributed by atoms with Crippen molar-refractivity contribution in [2.45, 2.75) is 0 Å². The Morgan fingerprint density at radius 1 is 1.20 bits per heavy atom. The minimum absolute atomic E-state index is 0.0485. The van der Waals surface area contributed by atoms with Gasteiger partial charge < -0.3 is 15.5 Å². The molecule has 1 aromatic carbocycles. The standard InChI is InChI=1S/C13H15ClFN3O2/c14-9-2-1-3-10(15)12(9)13(20)18-6-4-17(5-7-18)11(19)8-16/h1-3H,4-8,16H2. The predicted octanol–water partition coefficient (Wildman–Crippen LogP) is 0.722. The molecule has 0 bridgehead atoms. The third-order valence-electron chi connectivity index (χ3n) is 3.27. The van der Waals surface area contributed by atoms with Crippen LogP contribution in [0.2, 0.25) is 5.02 Å². The lowest BCUT2D eigenvalue weighted by atomic mass is 10.1. The maximum atomic E-state index is 13.7. The number of rotatable bonds is 2. The summed E-state index contributed by atoms with van der Waals surface area (Å²) in [5.74, 6) is -1.24. The van der Waals surface area contributed by atoms with Crippen molar-refractivity contribution in [3.63, 3.8) is 0 Å². The quantitative estimate of drug-likeness (QED) is 0.875. The Hall–Kier alpha value is -1.66. The third kappa shape index (κ3) is 2.91. The fourth-order valence-electron chi connectivity index (χ4n) is 2.15. The number of amides is 2. The van der Waals surface area contributed by atoms with Crippen molar-refractivity contribution in [1.29, 1.82) is 0 Å². The highest BCUT2D eigenvalue weighted by molar-refractivity contribution is 6.33. The second kappa shape index (κ2) is 6.19. The van der Waals surface area contributed by atoms with E-state index >= 15 is 0 Å². The van der Waals surface area contributed by atoms with Gasteiger partial charge in [0.1, 0.15) is 5.82 Å². The van der Waals surface area contributed by atoms with E-state index in [1.54, 1.807) is 4.90 Å². The third-order valence-corrected chi connectivity index (χ3v) is 3.59. The molecule has 108 valence electrons. The van der Waals surface area contributed by atoms with Crippen LogP contribution in [0.15, 0.2) is 18.2 Å². The number of hydrogen-bond donors (Lipinski definition) is 1. The highest BCUT2D eigenvalue weighted by Crippen LogP contribution is 2.21. The van der Waals surface area contributed by atoms with Gasteiger partial charge in [0.25, 0.3) is 5.91 Å². The summed E-state index contributed by atoms with van der Waals surface area (Å²) in [7, 11) is 0. The van der Waals surface area contributed by atoms with Crippen molar-refractivity contribution >= 4 is 23.4 Å². The van der Waals surface area contributed by atoms with E-state index in [1.165, 1.54) is 23.1 Å². The van der Waals surface area contributed by atoms with Crippen molar-refractivity contribution < 1.29 is 14.0 Å². The highest BCUT2D eigenvalue weighted by atomic mass is 35.5. The van der Waals surface area contributed by atoms with Gasteiger partial charge in [-0.05, 0) is 12.1 Å². The van der Waals surface area contributed by atoms with Crippen LogP contribution in [-0.4, -0.2) is 54.3 Å². The summed E-state index contributed by atoms with van der Waals surface area (Å²) in [6.45, 7) is 1.43. The first-order chi connectivity index (χ1) is 9.54.